The molecule has 2 fully saturated rings. The molecule has 1 amide bonds. The van der Waals surface area contributed by atoms with Crippen LogP contribution in [0.15, 0.2) is 17.0 Å². The van der Waals surface area contributed by atoms with Crippen molar-refractivity contribution in [1.29, 1.82) is 0 Å². The van der Waals surface area contributed by atoms with E-state index in [0.29, 0.717) is 19.1 Å². The van der Waals surface area contributed by atoms with Crippen LogP contribution in [0, 0.1) is 5.92 Å². The van der Waals surface area contributed by atoms with Gasteiger partial charge in [0.15, 0.2) is 6.39 Å². The molecule has 2 heterocycles. The van der Waals surface area contributed by atoms with Gasteiger partial charge in [0.25, 0.3) is 5.91 Å². The van der Waals surface area contributed by atoms with E-state index >= 15 is 0 Å². The third-order valence-corrected chi connectivity index (χ3v) is 3.51. The zero-order valence-electron chi connectivity index (χ0n) is 10.7. The fourth-order valence-corrected chi connectivity index (χ4v) is 2.16. The molecule has 1 aliphatic carbocycles. The van der Waals surface area contributed by atoms with Gasteiger partial charge in [-0.1, -0.05) is 0 Å². The van der Waals surface area contributed by atoms with E-state index in [4.69, 9.17) is 13.9 Å². The Morgan fingerprint density at radius 1 is 1.47 bits per heavy atom. The minimum absolute atomic E-state index is 0.0289. The van der Waals surface area contributed by atoms with Gasteiger partial charge in [-0.15, -0.1) is 0 Å². The normalized spacial score (nSPS) is 27.2. The van der Waals surface area contributed by atoms with Gasteiger partial charge in [-0.05, 0) is 25.2 Å². The molecule has 2 atom stereocenters. The van der Waals surface area contributed by atoms with Gasteiger partial charge >= 0.3 is 0 Å². The number of carbonyl (C=O) groups excluding carboxylic acids is 1. The second-order valence-corrected chi connectivity index (χ2v) is 5.12. The summed E-state index contributed by atoms with van der Waals surface area (Å²) in [6, 6.07) is -0.120. The van der Waals surface area contributed by atoms with E-state index in [1.54, 1.807) is 0 Å². The highest BCUT2D eigenvalue weighted by Crippen LogP contribution is 2.30. The van der Waals surface area contributed by atoms with Crippen molar-refractivity contribution in [2.45, 2.75) is 31.4 Å². The Bertz CT molecular complexity index is 416. The van der Waals surface area contributed by atoms with E-state index in [9.17, 15) is 4.79 Å². The Hall–Kier alpha value is -1.40. The predicted octanol–water partition coefficient (Wildman–Crippen LogP) is 0.988. The topological polar surface area (TPSA) is 73.6 Å². The van der Waals surface area contributed by atoms with Crippen molar-refractivity contribution in [3.05, 3.63) is 18.4 Å². The molecule has 1 N–H and O–H groups in total. The molecule has 104 valence electrons. The minimum Gasteiger partial charge on any atom is -0.438 e. The number of aromatic nitrogens is 1. The van der Waals surface area contributed by atoms with E-state index in [1.165, 1.54) is 25.4 Å². The van der Waals surface area contributed by atoms with Gasteiger partial charge in [0.2, 0.25) is 5.76 Å². The lowest BCUT2D eigenvalue weighted by Crippen LogP contribution is -2.50. The van der Waals surface area contributed by atoms with Gasteiger partial charge in [-0.2, -0.15) is 0 Å². The van der Waals surface area contributed by atoms with Crippen molar-refractivity contribution in [3.8, 4) is 0 Å². The average molecular weight is 266 g/mol. The van der Waals surface area contributed by atoms with Gasteiger partial charge < -0.3 is 19.2 Å². The lowest BCUT2D eigenvalue weighted by atomic mass is 10.1. The molecule has 2 aliphatic rings. The molecule has 1 saturated heterocycles. The minimum atomic E-state index is -0.270. The van der Waals surface area contributed by atoms with Gasteiger partial charge in [0.1, 0.15) is 0 Å². The summed E-state index contributed by atoms with van der Waals surface area (Å²) in [4.78, 5) is 15.6. The van der Waals surface area contributed by atoms with Gasteiger partial charge in [0.05, 0.1) is 24.9 Å². The van der Waals surface area contributed by atoms with Crippen molar-refractivity contribution < 1.29 is 18.7 Å². The first kappa shape index (κ1) is 12.6. The van der Waals surface area contributed by atoms with Crippen molar-refractivity contribution in [3.63, 3.8) is 0 Å². The molecular weight excluding hydrogens is 248 g/mol. The molecule has 0 spiro atoms. The first-order valence-corrected chi connectivity index (χ1v) is 6.71. The molecular formula is C13H18N2O4. The second-order valence-electron chi connectivity index (χ2n) is 5.12. The number of carbonyl (C=O) groups is 1. The summed E-state index contributed by atoms with van der Waals surface area (Å²) in [5, 5.41) is 2.89. The largest absolute Gasteiger partial charge is 0.438 e. The smallest absolute Gasteiger partial charge is 0.289 e. The Morgan fingerprint density at radius 3 is 3.11 bits per heavy atom. The summed E-state index contributed by atoms with van der Waals surface area (Å²) in [5.74, 6) is 0.660. The maximum atomic E-state index is 11.9. The maximum Gasteiger partial charge on any atom is 0.289 e. The Morgan fingerprint density at radius 2 is 2.37 bits per heavy atom. The summed E-state index contributed by atoms with van der Waals surface area (Å²) in [6.07, 6.45) is 6.01. The molecule has 0 radical (unpaired) electrons. The fraction of sp³-hybridized carbons (Fsp3) is 0.692. The van der Waals surface area contributed by atoms with Crippen molar-refractivity contribution in [2.24, 2.45) is 5.92 Å². The summed E-state index contributed by atoms with van der Waals surface area (Å²) >= 11 is 0. The predicted molar refractivity (Wildman–Crippen MR) is 65.7 cm³/mol. The first-order valence-electron chi connectivity index (χ1n) is 6.71. The number of amides is 1. The molecule has 6 nitrogen and oxygen atoms in total. The molecule has 1 aromatic heterocycles. The summed E-state index contributed by atoms with van der Waals surface area (Å²) in [5.41, 5.74) is 0. The highest BCUT2D eigenvalue weighted by Gasteiger charge is 2.31. The average Bonchev–Trinajstić information content (AvgIpc) is 3.09. The van der Waals surface area contributed by atoms with Crippen LogP contribution in [-0.4, -0.2) is 42.9 Å². The zero-order chi connectivity index (χ0) is 13.1. The van der Waals surface area contributed by atoms with Crippen LogP contribution in [0.3, 0.4) is 0 Å². The third kappa shape index (κ3) is 3.33. The van der Waals surface area contributed by atoms with Crippen LogP contribution in [0.5, 0.6) is 0 Å². The zero-order valence-corrected chi connectivity index (χ0v) is 10.7. The molecule has 3 rings (SSSR count). The number of oxazole rings is 1. The van der Waals surface area contributed by atoms with Crippen LogP contribution >= 0.6 is 0 Å². The van der Waals surface area contributed by atoms with Gasteiger partial charge in [-0.3, -0.25) is 4.79 Å². The SMILES string of the molecule is O=C(N[C@@H]1COCC[C@@H]1OCC1CC1)c1cnco1. The highest BCUT2D eigenvalue weighted by atomic mass is 16.5. The van der Waals surface area contributed by atoms with E-state index in [1.807, 2.05) is 0 Å². The standard InChI is InChI=1S/C13H18N2O4/c16-13(12-5-14-8-19-12)15-10-7-17-4-3-11(10)18-6-9-1-2-9/h5,8-11H,1-4,6-7H2,(H,15,16)/t10-,11+/m1/s1. The van der Waals surface area contributed by atoms with E-state index in [2.05, 4.69) is 10.3 Å². The molecule has 0 unspecified atom stereocenters. The number of rotatable bonds is 5. The van der Waals surface area contributed by atoms with Crippen LogP contribution in [-0.2, 0) is 9.47 Å². The third-order valence-electron chi connectivity index (χ3n) is 3.51. The second kappa shape index (κ2) is 5.71. The number of hydrogen-bond acceptors (Lipinski definition) is 5. The van der Waals surface area contributed by atoms with Crippen molar-refractivity contribution in [2.75, 3.05) is 19.8 Å². The van der Waals surface area contributed by atoms with Crippen LogP contribution in [0.4, 0.5) is 0 Å². The van der Waals surface area contributed by atoms with Crippen LogP contribution in [0.2, 0.25) is 0 Å². The monoisotopic (exact) mass is 266 g/mol. The Kier molecular flexibility index (Phi) is 3.79. The van der Waals surface area contributed by atoms with E-state index < -0.39 is 0 Å². The number of hydrogen-bond donors (Lipinski definition) is 1. The Labute approximate surface area is 111 Å². The van der Waals surface area contributed by atoms with Gasteiger partial charge in [0, 0.05) is 13.2 Å². The number of nitrogens with one attached hydrogen (secondary N) is 1. The fourth-order valence-electron chi connectivity index (χ4n) is 2.16. The lowest BCUT2D eigenvalue weighted by Gasteiger charge is -2.31. The van der Waals surface area contributed by atoms with Crippen LogP contribution < -0.4 is 5.32 Å². The van der Waals surface area contributed by atoms with Crippen LogP contribution in [0.1, 0.15) is 29.8 Å². The molecule has 1 saturated carbocycles. The number of ether oxygens (including phenoxy) is 2. The van der Waals surface area contributed by atoms with Gasteiger partial charge in [-0.25, -0.2) is 4.98 Å². The summed E-state index contributed by atoms with van der Waals surface area (Å²) in [6.45, 7) is 1.96. The van der Waals surface area contributed by atoms with Crippen LogP contribution in [0.25, 0.3) is 0 Å². The molecule has 6 heteroatoms. The summed E-state index contributed by atoms with van der Waals surface area (Å²) in [7, 11) is 0. The molecule has 0 bridgehead atoms. The quantitative estimate of drug-likeness (QED) is 0.860. The summed E-state index contributed by atoms with van der Waals surface area (Å²) < 4.78 is 16.3. The number of nitrogens with zero attached hydrogens (tertiary/aromatic N) is 1. The Balaban J connectivity index is 1.55. The van der Waals surface area contributed by atoms with E-state index in [0.717, 1.165) is 13.0 Å². The highest BCUT2D eigenvalue weighted by molar-refractivity contribution is 5.91. The molecule has 19 heavy (non-hydrogen) atoms. The molecule has 1 aromatic rings. The molecule has 0 aromatic carbocycles. The lowest BCUT2D eigenvalue weighted by molar-refractivity contribution is -0.0569. The molecule has 1 aliphatic heterocycles. The van der Waals surface area contributed by atoms with Crippen molar-refractivity contribution in [1.82, 2.24) is 10.3 Å². The van der Waals surface area contributed by atoms with Crippen molar-refractivity contribution >= 4 is 5.91 Å². The maximum absolute atomic E-state index is 11.9. The first-order chi connectivity index (χ1) is 9.33. The van der Waals surface area contributed by atoms with E-state index in [-0.39, 0.29) is 23.8 Å².